The molecule has 4 aromatic rings. The minimum absolute atomic E-state index is 0.511. The predicted octanol–water partition coefficient (Wildman–Crippen LogP) is 3.49. The summed E-state index contributed by atoms with van der Waals surface area (Å²) in [6.07, 6.45) is 4.29. The number of aryl methyl sites for hydroxylation is 1. The van der Waals surface area contributed by atoms with Crippen LogP contribution in [0.2, 0.25) is 0 Å². The summed E-state index contributed by atoms with van der Waals surface area (Å²) < 4.78 is 6.86. The molecule has 0 aliphatic carbocycles. The third-order valence-corrected chi connectivity index (χ3v) is 5.77. The highest BCUT2D eigenvalue weighted by atomic mass is 32.1. The highest BCUT2D eigenvalue weighted by Crippen LogP contribution is 2.35. The van der Waals surface area contributed by atoms with Crippen LogP contribution in [0.5, 0.6) is 0 Å². The smallest absolute Gasteiger partial charge is 0.181 e. The Morgan fingerprint density at radius 1 is 1.27 bits per heavy atom. The van der Waals surface area contributed by atoms with Gasteiger partial charge in [0.1, 0.15) is 4.83 Å². The van der Waals surface area contributed by atoms with Crippen molar-refractivity contribution in [1.82, 2.24) is 19.7 Å². The Balaban J connectivity index is 1.72. The SMILES string of the molecule is COCC[C@@](C)(O)c1cc2ccc(-c3cnc4nn(C)cc4c3)nc2s1. The van der Waals surface area contributed by atoms with Gasteiger partial charge in [-0.1, -0.05) is 0 Å². The normalized spacial score (nSPS) is 14.2. The fourth-order valence-corrected chi connectivity index (χ4v) is 4.05. The van der Waals surface area contributed by atoms with Gasteiger partial charge in [0.25, 0.3) is 0 Å². The van der Waals surface area contributed by atoms with Crippen molar-refractivity contribution < 1.29 is 9.84 Å². The first-order chi connectivity index (χ1) is 12.5. The van der Waals surface area contributed by atoms with Gasteiger partial charge in [-0.05, 0) is 31.2 Å². The zero-order valence-electron chi connectivity index (χ0n) is 14.9. The number of methoxy groups -OCH3 is 1. The van der Waals surface area contributed by atoms with Crippen LogP contribution in [0.4, 0.5) is 0 Å². The molecule has 0 radical (unpaired) electrons. The molecule has 0 bridgehead atoms. The van der Waals surface area contributed by atoms with Crippen LogP contribution in [-0.2, 0) is 17.4 Å². The zero-order valence-corrected chi connectivity index (χ0v) is 15.7. The molecule has 0 fully saturated rings. The molecule has 0 aromatic carbocycles. The van der Waals surface area contributed by atoms with E-state index in [0.717, 1.165) is 37.4 Å². The fourth-order valence-electron chi connectivity index (χ4n) is 2.94. The molecule has 6 nitrogen and oxygen atoms in total. The molecule has 4 heterocycles. The summed E-state index contributed by atoms with van der Waals surface area (Å²) in [7, 11) is 3.52. The minimum Gasteiger partial charge on any atom is -0.385 e. The second-order valence-corrected chi connectivity index (χ2v) is 7.69. The molecule has 0 unspecified atom stereocenters. The molecular weight excluding hydrogens is 348 g/mol. The van der Waals surface area contributed by atoms with Gasteiger partial charge in [-0.25, -0.2) is 9.97 Å². The average molecular weight is 368 g/mol. The van der Waals surface area contributed by atoms with Crippen molar-refractivity contribution in [1.29, 1.82) is 0 Å². The molecule has 26 heavy (non-hydrogen) atoms. The van der Waals surface area contributed by atoms with Crippen LogP contribution in [0.3, 0.4) is 0 Å². The summed E-state index contributed by atoms with van der Waals surface area (Å²) >= 11 is 1.52. The number of rotatable bonds is 5. The molecule has 0 saturated carbocycles. The summed E-state index contributed by atoms with van der Waals surface area (Å²) in [5, 5.41) is 17.0. The lowest BCUT2D eigenvalue weighted by atomic mass is 10.0. The zero-order chi connectivity index (χ0) is 18.3. The first-order valence-corrected chi connectivity index (χ1v) is 9.20. The highest BCUT2D eigenvalue weighted by molar-refractivity contribution is 7.18. The Labute approximate surface area is 155 Å². The minimum atomic E-state index is -0.919. The van der Waals surface area contributed by atoms with Crippen molar-refractivity contribution in [3.8, 4) is 11.3 Å². The van der Waals surface area contributed by atoms with E-state index in [1.807, 2.05) is 44.4 Å². The molecule has 4 rings (SSSR count). The van der Waals surface area contributed by atoms with Crippen LogP contribution in [0.15, 0.2) is 36.7 Å². The molecule has 0 spiro atoms. The van der Waals surface area contributed by atoms with Gasteiger partial charge in [0, 0.05) is 60.8 Å². The molecule has 7 heteroatoms. The van der Waals surface area contributed by atoms with Gasteiger partial charge in [0.2, 0.25) is 0 Å². The van der Waals surface area contributed by atoms with Crippen LogP contribution in [-0.4, -0.2) is 38.6 Å². The standard InChI is InChI=1S/C19H20N4O2S/c1-19(24,6-7-25-3)16-9-12-4-5-15(21-18(12)26-16)13-8-14-11-23(2)22-17(14)20-10-13/h4-5,8-11,24H,6-7H2,1-3H3/t19-/m1/s1. The van der Waals surface area contributed by atoms with Gasteiger partial charge in [-0.15, -0.1) is 11.3 Å². The maximum Gasteiger partial charge on any atom is 0.181 e. The molecule has 0 saturated heterocycles. The van der Waals surface area contributed by atoms with Crippen molar-refractivity contribution in [2.24, 2.45) is 7.05 Å². The molecular formula is C19H20N4O2S. The Bertz CT molecular complexity index is 1080. The predicted molar refractivity (Wildman–Crippen MR) is 103 cm³/mol. The van der Waals surface area contributed by atoms with Gasteiger partial charge in [0.15, 0.2) is 5.65 Å². The second-order valence-electron chi connectivity index (χ2n) is 6.66. The van der Waals surface area contributed by atoms with Crippen LogP contribution >= 0.6 is 11.3 Å². The lowest BCUT2D eigenvalue weighted by Crippen LogP contribution is -2.21. The topological polar surface area (TPSA) is 73.1 Å². The van der Waals surface area contributed by atoms with Gasteiger partial charge in [-0.3, -0.25) is 4.68 Å². The molecule has 0 aliphatic rings. The maximum atomic E-state index is 10.7. The lowest BCUT2D eigenvalue weighted by molar-refractivity contribution is 0.0242. The molecule has 1 N–H and O–H groups in total. The first kappa shape index (κ1) is 17.1. The number of hydrogen-bond donors (Lipinski definition) is 1. The maximum absolute atomic E-state index is 10.7. The molecule has 4 aromatic heterocycles. The summed E-state index contributed by atoms with van der Waals surface area (Å²) in [6, 6.07) is 8.08. The van der Waals surface area contributed by atoms with E-state index >= 15 is 0 Å². The largest absolute Gasteiger partial charge is 0.385 e. The molecule has 0 amide bonds. The number of aliphatic hydroxyl groups is 1. The van der Waals surface area contributed by atoms with Crippen LogP contribution in [0.25, 0.3) is 32.5 Å². The number of pyridine rings is 2. The first-order valence-electron chi connectivity index (χ1n) is 8.38. The van der Waals surface area contributed by atoms with Crippen LogP contribution < -0.4 is 0 Å². The molecule has 1 atom stereocenters. The van der Waals surface area contributed by atoms with Gasteiger partial charge < -0.3 is 9.84 Å². The highest BCUT2D eigenvalue weighted by Gasteiger charge is 2.25. The lowest BCUT2D eigenvalue weighted by Gasteiger charge is -2.20. The number of thiophene rings is 1. The number of nitrogens with zero attached hydrogens (tertiary/aromatic N) is 4. The fraction of sp³-hybridized carbons (Fsp3) is 0.316. The van der Waals surface area contributed by atoms with E-state index in [0.29, 0.717) is 13.0 Å². The molecule has 134 valence electrons. The van der Waals surface area contributed by atoms with Crippen LogP contribution in [0, 0.1) is 0 Å². The van der Waals surface area contributed by atoms with E-state index in [2.05, 4.69) is 10.1 Å². The third kappa shape index (κ3) is 3.09. The van der Waals surface area contributed by atoms with Gasteiger partial charge in [-0.2, -0.15) is 5.10 Å². The van der Waals surface area contributed by atoms with E-state index in [1.165, 1.54) is 11.3 Å². The summed E-state index contributed by atoms with van der Waals surface area (Å²) in [6.45, 7) is 2.33. The Morgan fingerprint density at radius 3 is 2.92 bits per heavy atom. The number of ether oxygens (including phenoxy) is 1. The number of fused-ring (bicyclic) bond motifs is 2. The summed E-state index contributed by atoms with van der Waals surface area (Å²) in [4.78, 5) is 11.0. The van der Waals surface area contributed by atoms with E-state index < -0.39 is 5.60 Å². The Morgan fingerprint density at radius 2 is 2.12 bits per heavy atom. The third-order valence-electron chi connectivity index (χ3n) is 4.48. The average Bonchev–Trinajstić information content (AvgIpc) is 3.21. The van der Waals surface area contributed by atoms with Crippen molar-refractivity contribution in [2.75, 3.05) is 13.7 Å². The monoisotopic (exact) mass is 368 g/mol. The van der Waals surface area contributed by atoms with Gasteiger partial charge in [0.05, 0.1) is 11.3 Å². The van der Waals surface area contributed by atoms with Crippen molar-refractivity contribution in [3.63, 3.8) is 0 Å². The second kappa shape index (κ2) is 6.42. The summed E-state index contributed by atoms with van der Waals surface area (Å²) in [5.74, 6) is 0. The van der Waals surface area contributed by atoms with E-state index in [1.54, 1.807) is 18.0 Å². The summed E-state index contributed by atoms with van der Waals surface area (Å²) in [5.41, 5.74) is 1.62. The van der Waals surface area contributed by atoms with Crippen LogP contribution in [0.1, 0.15) is 18.2 Å². The Kier molecular flexibility index (Phi) is 4.22. The number of aromatic nitrogens is 4. The molecule has 0 aliphatic heterocycles. The van der Waals surface area contributed by atoms with Gasteiger partial charge >= 0.3 is 0 Å². The van der Waals surface area contributed by atoms with Crippen molar-refractivity contribution in [2.45, 2.75) is 18.9 Å². The Hall–Kier alpha value is -2.35. The quantitative estimate of drug-likeness (QED) is 0.584. The van der Waals surface area contributed by atoms with Crippen molar-refractivity contribution in [3.05, 3.63) is 41.5 Å². The van der Waals surface area contributed by atoms with Crippen molar-refractivity contribution >= 4 is 32.6 Å². The number of hydrogen-bond acceptors (Lipinski definition) is 6. The van der Waals surface area contributed by atoms with E-state index in [-0.39, 0.29) is 0 Å². The van der Waals surface area contributed by atoms with E-state index in [4.69, 9.17) is 9.72 Å². The van der Waals surface area contributed by atoms with E-state index in [9.17, 15) is 5.11 Å².